The van der Waals surface area contributed by atoms with E-state index in [1.165, 1.54) is 33.9 Å². The fourth-order valence-electron chi connectivity index (χ4n) is 4.14. The van der Waals surface area contributed by atoms with Gasteiger partial charge in [-0.1, -0.05) is 48.5 Å². The molecule has 1 aliphatic heterocycles. The molecule has 1 aromatic heterocycles. The molecule has 0 aliphatic carbocycles. The van der Waals surface area contributed by atoms with Crippen LogP contribution in [0.3, 0.4) is 0 Å². The second kappa shape index (κ2) is 8.86. The van der Waals surface area contributed by atoms with Crippen LogP contribution in [-0.2, 0) is 6.54 Å². The Labute approximate surface area is 183 Å². The minimum absolute atomic E-state index is 0.0649. The second-order valence-electron chi connectivity index (χ2n) is 8.27. The van der Waals surface area contributed by atoms with Crippen LogP contribution in [0.2, 0.25) is 0 Å². The van der Waals surface area contributed by atoms with Crippen LogP contribution in [0.4, 0.5) is 4.79 Å². The number of benzene rings is 2. The van der Waals surface area contributed by atoms with E-state index in [9.17, 15) is 9.59 Å². The summed E-state index contributed by atoms with van der Waals surface area (Å²) in [7, 11) is 0. The van der Waals surface area contributed by atoms with Gasteiger partial charge in [0, 0.05) is 45.3 Å². The number of aryl methyl sites for hydroxylation is 1. The lowest BCUT2D eigenvalue weighted by Gasteiger charge is -2.39. The Bertz CT molecular complexity index is 1090. The third kappa shape index (κ3) is 4.59. The van der Waals surface area contributed by atoms with Gasteiger partial charge in [-0.15, -0.1) is 0 Å². The van der Waals surface area contributed by atoms with Gasteiger partial charge in [0.25, 0.3) is 0 Å². The van der Waals surface area contributed by atoms with Crippen LogP contribution < -0.4 is 0 Å². The van der Waals surface area contributed by atoms with E-state index in [1.807, 2.05) is 11.0 Å². The Kier molecular flexibility index (Phi) is 6.00. The van der Waals surface area contributed by atoms with E-state index in [-0.39, 0.29) is 17.9 Å². The summed E-state index contributed by atoms with van der Waals surface area (Å²) in [4.78, 5) is 28.5. The van der Waals surface area contributed by atoms with Gasteiger partial charge in [0.2, 0.25) is 0 Å². The summed E-state index contributed by atoms with van der Waals surface area (Å²) < 4.78 is 1.27. The van der Waals surface area contributed by atoms with Crippen LogP contribution in [0.5, 0.6) is 0 Å². The Morgan fingerprint density at radius 1 is 1.03 bits per heavy atom. The highest BCUT2D eigenvalue weighted by atomic mass is 16.2. The topological polar surface area (TPSA) is 58.4 Å². The highest BCUT2D eigenvalue weighted by Crippen LogP contribution is 2.23. The van der Waals surface area contributed by atoms with Gasteiger partial charge < -0.3 is 4.90 Å². The highest BCUT2D eigenvalue weighted by molar-refractivity contribution is 5.92. The highest BCUT2D eigenvalue weighted by Gasteiger charge is 2.29. The maximum atomic E-state index is 12.8. The fourth-order valence-corrected chi connectivity index (χ4v) is 4.14. The standard InChI is InChI=1S/C25H28N4O2/c1-18-15-22(21-7-5-4-6-8-21)9-10-23(18)17-27-13-14-28(19(2)16-27)25(31)29-12-11-24(26-29)20(3)30/h4-12,15,19H,13-14,16-17H2,1-3H3/t19-/m1/s1. The first kappa shape index (κ1) is 21.0. The number of aromatic nitrogens is 2. The van der Waals surface area contributed by atoms with Crippen molar-refractivity contribution in [3.05, 3.63) is 77.6 Å². The number of carbonyl (C=O) groups excluding carboxylic acids is 2. The van der Waals surface area contributed by atoms with Gasteiger partial charge in [-0.2, -0.15) is 9.78 Å². The van der Waals surface area contributed by atoms with Crippen molar-refractivity contribution >= 4 is 11.8 Å². The number of ketones is 1. The first-order chi connectivity index (χ1) is 14.9. The Morgan fingerprint density at radius 3 is 2.45 bits per heavy atom. The third-order valence-corrected chi connectivity index (χ3v) is 5.95. The Balaban J connectivity index is 1.40. The van der Waals surface area contributed by atoms with Crippen molar-refractivity contribution in [1.82, 2.24) is 19.6 Å². The van der Waals surface area contributed by atoms with E-state index < -0.39 is 0 Å². The summed E-state index contributed by atoms with van der Waals surface area (Å²) in [5.74, 6) is -0.141. The maximum Gasteiger partial charge on any atom is 0.344 e. The average Bonchev–Trinajstić information content (AvgIpc) is 3.26. The van der Waals surface area contributed by atoms with Gasteiger partial charge in [0.05, 0.1) is 0 Å². The predicted octanol–water partition coefficient (Wildman–Crippen LogP) is 4.24. The van der Waals surface area contributed by atoms with Crippen LogP contribution in [0.15, 0.2) is 60.8 Å². The summed E-state index contributed by atoms with van der Waals surface area (Å²) in [6.07, 6.45) is 1.57. The lowest BCUT2D eigenvalue weighted by molar-refractivity contribution is 0.0964. The maximum absolute atomic E-state index is 12.8. The monoisotopic (exact) mass is 416 g/mol. The van der Waals surface area contributed by atoms with Crippen LogP contribution >= 0.6 is 0 Å². The molecule has 6 heteroatoms. The van der Waals surface area contributed by atoms with Crippen molar-refractivity contribution in [2.75, 3.05) is 19.6 Å². The molecule has 0 bridgehead atoms. The molecule has 0 unspecified atom stereocenters. The number of Topliss-reactive ketones (excluding diaryl/α,β-unsaturated/α-hetero) is 1. The quantitative estimate of drug-likeness (QED) is 0.597. The van der Waals surface area contributed by atoms with E-state index in [2.05, 4.69) is 66.3 Å². The summed E-state index contributed by atoms with van der Waals surface area (Å²) in [6.45, 7) is 8.77. The lowest BCUT2D eigenvalue weighted by Crippen LogP contribution is -2.54. The zero-order valence-electron chi connectivity index (χ0n) is 18.3. The zero-order chi connectivity index (χ0) is 22.0. The summed E-state index contributed by atoms with van der Waals surface area (Å²) in [5, 5.41) is 4.11. The van der Waals surface area contributed by atoms with E-state index in [1.54, 1.807) is 12.3 Å². The van der Waals surface area contributed by atoms with Crippen molar-refractivity contribution in [1.29, 1.82) is 0 Å². The predicted molar refractivity (Wildman–Crippen MR) is 121 cm³/mol. The molecule has 0 spiro atoms. The van der Waals surface area contributed by atoms with Gasteiger partial charge in [-0.05, 0) is 42.2 Å². The summed E-state index contributed by atoms with van der Waals surface area (Å²) in [6, 6.07) is 18.5. The molecule has 1 fully saturated rings. The first-order valence-electron chi connectivity index (χ1n) is 10.7. The van der Waals surface area contributed by atoms with E-state index in [0.29, 0.717) is 12.2 Å². The average molecular weight is 417 g/mol. The molecule has 0 saturated carbocycles. The van der Waals surface area contributed by atoms with Crippen molar-refractivity contribution in [2.45, 2.75) is 33.4 Å². The molecule has 0 N–H and O–H groups in total. The van der Waals surface area contributed by atoms with Crippen molar-refractivity contribution in [3.63, 3.8) is 0 Å². The van der Waals surface area contributed by atoms with Gasteiger partial charge in [-0.25, -0.2) is 4.79 Å². The van der Waals surface area contributed by atoms with Crippen LogP contribution in [-0.4, -0.2) is 57.1 Å². The number of rotatable bonds is 4. The molecule has 0 radical (unpaired) electrons. The van der Waals surface area contributed by atoms with Crippen LogP contribution in [0.1, 0.15) is 35.5 Å². The molecular formula is C25H28N4O2. The molecule has 4 rings (SSSR count). The molecule has 1 aliphatic rings. The number of hydrogen-bond acceptors (Lipinski definition) is 4. The van der Waals surface area contributed by atoms with Gasteiger partial charge >= 0.3 is 6.03 Å². The summed E-state index contributed by atoms with van der Waals surface area (Å²) in [5.41, 5.74) is 5.36. The van der Waals surface area contributed by atoms with Gasteiger partial charge in [0.1, 0.15) is 5.69 Å². The van der Waals surface area contributed by atoms with Crippen molar-refractivity contribution in [3.8, 4) is 11.1 Å². The molecular weight excluding hydrogens is 388 g/mol. The molecule has 31 heavy (non-hydrogen) atoms. The first-order valence-corrected chi connectivity index (χ1v) is 10.7. The molecule has 2 heterocycles. The minimum atomic E-state index is -0.178. The Morgan fingerprint density at radius 2 is 1.81 bits per heavy atom. The smallest absolute Gasteiger partial charge is 0.318 e. The van der Waals surface area contributed by atoms with Crippen molar-refractivity contribution in [2.24, 2.45) is 0 Å². The largest absolute Gasteiger partial charge is 0.344 e. The Hall–Kier alpha value is -3.25. The van der Waals surface area contributed by atoms with E-state index in [0.717, 1.165) is 19.6 Å². The molecule has 1 saturated heterocycles. The third-order valence-electron chi connectivity index (χ3n) is 5.95. The van der Waals surface area contributed by atoms with Crippen molar-refractivity contribution < 1.29 is 9.59 Å². The number of nitrogens with zero attached hydrogens (tertiary/aromatic N) is 4. The number of carbonyl (C=O) groups is 2. The minimum Gasteiger partial charge on any atom is -0.318 e. The van der Waals surface area contributed by atoms with Gasteiger partial charge in [-0.3, -0.25) is 9.69 Å². The number of amides is 1. The molecule has 160 valence electrons. The molecule has 1 atom stereocenters. The molecule has 1 amide bonds. The normalized spacial score (nSPS) is 17.0. The van der Waals surface area contributed by atoms with E-state index in [4.69, 9.17) is 0 Å². The van der Waals surface area contributed by atoms with Gasteiger partial charge in [0.15, 0.2) is 5.78 Å². The summed E-state index contributed by atoms with van der Waals surface area (Å²) >= 11 is 0. The fraction of sp³-hybridized carbons (Fsp3) is 0.320. The molecule has 6 nitrogen and oxygen atoms in total. The SMILES string of the molecule is CC(=O)c1ccn(C(=O)N2CCN(Cc3ccc(-c4ccccc4)cc3C)C[C@H]2C)n1. The second-order valence-corrected chi connectivity index (χ2v) is 8.27. The number of piperazine rings is 1. The van der Waals surface area contributed by atoms with Crippen LogP contribution in [0, 0.1) is 6.92 Å². The lowest BCUT2D eigenvalue weighted by atomic mass is 9.99. The molecule has 2 aromatic carbocycles. The number of hydrogen-bond donors (Lipinski definition) is 0. The van der Waals surface area contributed by atoms with Crippen LogP contribution in [0.25, 0.3) is 11.1 Å². The zero-order valence-corrected chi connectivity index (χ0v) is 18.3. The molecule has 3 aromatic rings. The van der Waals surface area contributed by atoms with E-state index >= 15 is 0 Å².